The molecule has 0 saturated carbocycles. The average Bonchev–Trinajstić information content (AvgIpc) is 3.16. The molecule has 0 aliphatic rings. The monoisotopic (exact) mass is 455 g/mol. The molecule has 2 aromatic heterocycles. The smallest absolute Gasteiger partial charge is 0.237 e. The number of benzene rings is 2. The number of carbonyl (C=O) groups is 1. The summed E-state index contributed by atoms with van der Waals surface area (Å²) in [7, 11) is 0. The first-order valence-electron chi connectivity index (χ1n) is 9.17. The fourth-order valence-corrected chi connectivity index (χ4v) is 5.03. The molecule has 0 aliphatic heterocycles. The first kappa shape index (κ1) is 20.7. The molecule has 8 heteroatoms. The number of rotatable bonds is 5. The fourth-order valence-electron chi connectivity index (χ4n) is 2.95. The molecule has 2 heterocycles. The predicted octanol–water partition coefficient (Wildman–Crippen LogP) is 6.15. The number of thiophene rings is 1. The van der Waals surface area contributed by atoms with E-state index in [0.29, 0.717) is 5.02 Å². The molecule has 4 aromatic rings. The maximum absolute atomic E-state index is 12.7. The van der Waals surface area contributed by atoms with Crippen LogP contribution in [0.3, 0.4) is 0 Å². The lowest BCUT2D eigenvalue weighted by molar-refractivity contribution is -0.115. The Balaban J connectivity index is 1.61. The molecule has 0 radical (unpaired) electrons. The number of thioether (sulfide) groups is 1. The highest BCUT2D eigenvalue weighted by Gasteiger charge is 2.20. The molecular formula is C22H18ClN3O2S2. The maximum atomic E-state index is 12.7. The Kier molecular flexibility index (Phi) is 5.94. The van der Waals surface area contributed by atoms with Crippen LogP contribution in [0.5, 0.6) is 5.75 Å². The molecule has 2 N–H and O–H groups in total. The van der Waals surface area contributed by atoms with Crippen LogP contribution >= 0.6 is 34.7 Å². The lowest BCUT2D eigenvalue weighted by Gasteiger charge is -2.13. The Bertz CT molecular complexity index is 1230. The number of aryl methyl sites for hydroxylation is 1. The number of phenols is 1. The lowest BCUT2D eigenvalue weighted by Crippen LogP contribution is -2.22. The molecule has 152 valence electrons. The quantitative estimate of drug-likeness (QED) is 0.214. The van der Waals surface area contributed by atoms with Crippen molar-refractivity contribution in [3.05, 3.63) is 64.8 Å². The van der Waals surface area contributed by atoms with Crippen LogP contribution in [0.1, 0.15) is 12.5 Å². The zero-order valence-corrected chi connectivity index (χ0v) is 18.6. The zero-order chi connectivity index (χ0) is 21.3. The molecule has 1 atom stereocenters. The van der Waals surface area contributed by atoms with E-state index in [0.717, 1.165) is 26.4 Å². The van der Waals surface area contributed by atoms with Gasteiger partial charge >= 0.3 is 0 Å². The van der Waals surface area contributed by atoms with E-state index >= 15 is 0 Å². The second-order valence-electron chi connectivity index (χ2n) is 6.79. The van der Waals surface area contributed by atoms with Crippen molar-refractivity contribution in [1.82, 2.24) is 9.97 Å². The highest BCUT2D eigenvalue weighted by Crippen LogP contribution is 2.39. The summed E-state index contributed by atoms with van der Waals surface area (Å²) in [5.41, 5.74) is 3.62. The van der Waals surface area contributed by atoms with Crippen molar-refractivity contribution >= 4 is 56.5 Å². The number of amides is 1. The van der Waals surface area contributed by atoms with Gasteiger partial charge < -0.3 is 10.4 Å². The van der Waals surface area contributed by atoms with Crippen molar-refractivity contribution in [3.8, 4) is 16.9 Å². The molecule has 30 heavy (non-hydrogen) atoms. The maximum Gasteiger partial charge on any atom is 0.237 e. The van der Waals surface area contributed by atoms with Gasteiger partial charge in [-0.05, 0) is 37.6 Å². The van der Waals surface area contributed by atoms with Crippen molar-refractivity contribution in [1.29, 1.82) is 0 Å². The second-order valence-corrected chi connectivity index (χ2v) is 9.41. The molecular weight excluding hydrogens is 438 g/mol. The normalized spacial score (nSPS) is 12.1. The third-order valence-corrected chi connectivity index (χ3v) is 6.79. The lowest BCUT2D eigenvalue weighted by atomic mass is 10.1. The van der Waals surface area contributed by atoms with E-state index in [1.54, 1.807) is 24.3 Å². The Morgan fingerprint density at radius 2 is 1.97 bits per heavy atom. The number of halogens is 1. The van der Waals surface area contributed by atoms with Gasteiger partial charge in [0, 0.05) is 16.0 Å². The number of aromatic nitrogens is 2. The van der Waals surface area contributed by atoms with E-state index in [4.69, 9.17) is 11.6 Å². The summed E-state index contributed by atoms with van der Waals surface area (Å²) in [5, 5.41) is 16.4. The van der Waals surface area contributed by atoms with Crippen LogP contribution in [0.2, 0.25) is 5.02 Å². The van der Waals surface area contributed by atoms with Gasteiger partial charge in [0.2, 0.25) is 5.91 Å². The molecule has 1 unspecified atom stereocenters. The van der Waals surface area contributed by atoms with Crippen LogP contribution in [0, 0.1) is 6.92 Å². The van der Waals surface area contributed by atoms with Crippen LogP contribution in [0.15, 0.2) is 59.2 Å². The molecule has 0 fully saturated rings. The SMILES string of the molecule is Cc1ccc(-c2csc3ncnc(SC(C)C(=O)Nc4cc(Cl)ccc4O)c23)cc1. The van der Waals surface area contributed by atoms with E-state index in [9.17, 15) is 9.90 Å². The Morgan fingerprint density at radius 3 is 2.73 bits per heavy atom. The number of nitrogens with one attached hydrogen (secondary N) is 1. The fraction of sp³-hybridized carbons (Fsp3) is 0.136. The van der Waals surface area contributed by atoms with Crippen LogP contribution in [0.4, 0.5) is 5.69 Å². The third kappa shape index (κ3) is 4.28. The molecule has 2 aromatic carbocycles. The molecule has 0 aliphatic carbocycles. The summed E-state index contributed by atoms with van der Waals surface area (Å²) in [6, 6.07) is 12.8. The summed E-state index contributed by atoms with van der Waals surface area (Å²) in [6.45, 7) is 3.85. The number of carbonyl (C=O) groups excluding carboxylic acids is 1. The van der Waals surface area contributed by atoms with Crippen molar-refractivity contribution in [2.24, 2.45) is 0 Å². The molecule has 1 amide bonds. The molecule has 5 nitrogen and oxygen atoms in total. The zero-order valence-electron chi connectivity index (χ0n) is 16.2. The third-order valence-electron chi connectivity index (χ3n) is 4.57. The number of hydrogen-bond acceptors (Lipinski definition) is 6. The van der Waals surface area contributed by atoms with Crippen LogP contribution in [-0.2, 0) is 4.79 Å². The van der Waals surface area contributed by atoms with Gasteiger partial charge in [0.1, 0.15) is 21.9 Å². The molecule has 0 bridgehead atoms. The van der Waals surface area contributed by atoms with Gasteiger partial charge in [-0.2, -0.15) is 0 Å². The standard InChI is InChI=1S/C22H18ClN3O2S2/c1-12-3-5-14(6-4-12)16-10-29-21-19(16)22(25-11-24-21)30-13(2)20(28)26-17-9-15(23)7-8-18(17)27/h3-11,13,27H,1-2H3,(H,26,28). The molecule has 0 spiro atoms. The number of phenolic OH excluding ortho intramolecular Hbond substituents is 1. The average molecular weight is 456 g/mol. The van der Waals surface area contributed by atoms with Crippen molar-refractivity contribution in [2.45, 2.75) is 24.1 Å². The van der Waals surface area contributed by atoms with Gasteiger partial charge in [0.05, 0.1) is 16.3 Å². The van der Waals surface area contributed by atoms with Gasteiger partial charge in [-0.15, -0.1) is 11.3 Å². The summed E-state index contributed by atoms with van der Waals surface area (Å²) < 4.78 is 0. The van der Waals surface area contributed by atoms with Gasteiger partial charge in [-0.1, -0.05) is 53.2 Å². The van der Waals surface area contributed by atoms with Crippen molar-refractivity contribution in [2.75, 3.05) is 5.32 Å². The number of anilines is 1. The largest absolute Gasteiger partial charge is 0.506 e. The van der Waals surface area contributed by atoms with Gasteiger partial charge in [0.15, 0.2) is 0 Å². The van der Waals surface area contributed by atoms with E-state index in [-0.39, 0.29) is 17.3 Å². The summed E-state index contributed by atoms with van der Waals surface area (Å²) >= 11 is 8.88. The van der Waals surface area contributed by atoms with Crippen LogP contribution < -0.4 is 5.32 Å². The highest BCUT2D eigenvalue weighted by atomic mass is 35.5. The predicted molar refractivity (Wildman–Crippen MR) is 125 cm³/mol. The minimum absolute atomic E-state index is 0.0335. The van der Waals surface area contributed by atoms with Crippen molar-refractivity contribution in [3.63, 3.8) is 0 Å². The summed E-state index contributed by atoms with van der Waals surface area (Å²) in [5.74, 6) is -0.287. The summed E-state index contributed by atoms with van der Waals surface area (Å²) in [6.07, 6.45) is 1.52. The number of aromatic hydroxyl groups is 1. The molecule has 4 rings (SSSR count). The van der Waals surface area contributed by atoms with Gasteiger partial charge in [0.25, 0.3) is 0 Å². The van der Waals surface area contributed by atoms with E-state index in [2.05, 4.69) is 51.9 Å². The Morgan fingerprint density at radius 1 is 1.20 bits per heavy atom. The first-order chi connectivity index (χ1) is 14.4. The number of nitrogens with zero attached hydrogens (tertiary/aromatic N) is 2. The van der Waals surface area contributed by atoms with Gasteiger partial charge in [-0.25, -0.2) is 9.97 Å². The minimum atomic E-state index is -0.452. The van der Waals surface area contributed by atoms with E-state index in [1.165, 1.54) is 35.8 Å². The van der Waals surface area contributed by atoms with Gasteiger partial charge in [-0.3, -0.25) is 4.79 Å². The molecule has 0 saturated heterocycles. The van der Waals surface area contributed by atoms with Crippen LogP contribution in [-0.4, -0.2) is 26.2 Å². The minimum Gasteiger partial charge on any atom is -0.506 e. The van der Waals surface area contributed by atoms with Crippen molar-refractivity contribution < 1.29 is 9.90 Å². The number of fused-ring (bicyclic) bond motifs is 1. The highest BCUT2D eigenvalue weighted by molar-refractivity contribution is 8.00. The Hall–Kier alpha value is -2.61. The van der Waals surface area contributed by atoms with E-state index < -0.39 is 5.25 Å². The summed E-state index contributed by atoms with van der Waals surface area (Å²) in [4.78, 5) is 22.4. The first-order valence-corrected chi connectivity index (χ1v) is 11.3. The van der Waals surface area contributed by atoms with Crippen LogP contribution in [0.25, 0.3) is 21.3 Å². The number of hydrogen-bond donors (Lipinski definition) is 2. The second kappa shape index (κ2) is 8.63. The van der Waals surface area contributed by atoms with E-state index in [1.807, 2.05) is 0 Å². The Labute approximate surface area is 187 Å². The topological polar surface area (TPSA) is 75.1 Å².